The Bertz CT molecular complexity index is 174. The predicted molar refractivity (Wildman–Crippen MR) is 69.7 cm³/mol. The van der Waals surface area contributed by atoms with E-state index in [4.69, 9.17) is 4.74 Å². The molecular formula is C14H29NO. The first kappa shape index (κ1) is 14.0. The molecule has 0 unspecified atom stereocenters. The highest BCUT2D eigenvalue weighted by Gasteiger charge is 2.31. The van der Waals surface area contributed by atoms with Gasteiger partial charge in [0.05, 0.1) is 0 Å². The SMILES string of the molecule is CCCCC1(CNCC(C)C)CCOCC1. The molecule has 1 aliphatic heterocycles. The summed E-state index contributed by atoms with van der Waals surface area (Å²) in [6, 6.07) is 0. The van der Waals surface area contributed by atoms with Gasteiger partial charge in [0, 0.05) is 19.8 Å². The number of hydrogen-bond acceptors (Lipinski definition) is 2. The molecule has 1 fully saturated rings. The lowest BCUT2D eigenvalue weighted by Crippen LogP contribution is -2.40. The van der Waals surface area contributed by atoms with Gasteiger partial charge >= 0.3 is 0 Å². The first-order chi connectivity index (χ1) is 7.68. The van der Waals surface area contributed by atoms with Gasteiger partial charge in [0.25, 0.3) is 0 Å². The van der Waals surface area contributed by atoms with E-state index < -0.39 is 0 Å². The van der Waals surface area contributed by atoms with Crippen LogP contribution in [-0.4, -0.2) is 26.3 Å². The summed E-state index contributed by atoms with van der Waals surface area (Å²) in [5.74, 6) is 0.753. The lowest BCUT2D eigenvalue weighted by atomic mass is 9.76. The molecule has 0 aromatic carbocycles. The molecule has 0 radical (unpaired) electrons. The summed E-state index contributed by atoms with van der Waals surface area (Å²) in [4.78, 5) is 0. The molecule has 0 saturated carbocycles. The van der Waals surface area contributed by atoms with Crippen LogP contribution in [-0.2, 0) is 4.74 Å². The van der Waals surface area contributed by atoms with Crippen molar-refractivity contribution in [2.45, 2.75) is 52.9 Å². The van der Waals surface area contributed by atoms with Gasteiger partial charge in [-0.2, -0.15) is 0 Å². The van der Waals surface area contributed by atoms with Crippen molar-refractivity contribution in [3.63, 3.8) is 0 Å². The second kappa shape index (κ2) is 7.29. The third kappa shape index (κ3) is 4.84. The summed E-state index contributed by atoms with van der Waals surface area (Å²) in [6.45, 7) is 11.1. The molecule has 0 amide bonds. The molecular weight excluding hydrogens is 198 g/mol. The quantitative estimate of drug-likeness (QED) is 0.721. The second-order valence-corrected chi connectivity index (χ2v) is 5.74. The standard InChI is InChI=1S/C14H29NO/c1-4-5-6-14(7-9-16-10-8-14)12-15-11-13(2)3/h13,15H,4-12H2,1-3H3. The van der Waals surface area contributed by atoms with Gasteiger partial charge in [-0.25, -0.2) is 0 Å². The first-order valence-corrected chi connectivity index (χ1v) is 6.97. The molecule has 0 atom stereocenters. The Kier molecular flexibility index (Phi) is 6.37. The zero-order valence-electron chi connectivity index (χ0n) is 11.3. The Morgan fingerprint density at radius 1 is 1.25 bits per heavy atom. The number of hydrogen-bond donors (Lipinski definition) is 1. The van der Waals surface area contributed by atoms with Gasteiger partial charge in [-0.15, -0.1) is 0 Å². The van der Waals surface area contributed by atoms with Gasteiger partial charge in [0.1, 0.15) is 0 Å². The van der Waals surface area contributed by atoms with Crippen LogP contribution in [0.2, 0.25) is 0 Å². The van der Waals surface area contributed by atoms with E-state index in [1.165, 1.54) is 38.6 Å². The third-order valence-electron chi connectivity index (χ3n) is 3.67. The molecule has 1 rings (SSSR count). The van der Waals surface area contributed by atoms with Crippen LogP contribution in [0.25, 0.3) is 0 Å². The van der Waals surface area contributed by atoms with Crippen LogP contribution in [0.4, 0.5) is 0 Å². The molecule has 2 nitrogen and oxygen atoms in total. The van der Waals surface area contributed by atoms with Crippen LogP contribution in [0.15, 0.2) is 0 Å². The number of nitrogens with one attached hydrogen (secondary N) is 1. The molecule has 1 N–H and O–H groups in total. The fourth-order valence-electron chi connectivity index (χ4n) is 2.50. The molecule has 0 spiro atoms. The summed E-state index contributed by atoms with van der Waals surface area (Å²) in [7, 11) is 0. The maximum absolute atomic E-state index is 5.50. The molecule has 0 aliphatic carbocycles. The topological polar surface area (TPSA) is 21.3 Å². The summed E-state index contributed by atoms with van der Waals surface area (Å²) < 4.78 is 5.50. The predicted octanol–water partition coefficient (Wildman–Crippen LogP) is 3.22. The fourth-order valence-corrected chi connectivity index (χ4v) is 2.50. The Labute approximate surface area is 101 Å². The van der Waals surface area contributed by atoms with Gasteiger partial charge in [-0.3, -0.25) is 0 Å². The second-order valence-electron chi connectivity index (χ2n) is 5.74. The molecule has 96 valence electrons. The molecule has 1 heterocycles. The van der Waals surface area contributed by atoms with Crippen molar-refractivity contribution in [2.75, 3.05) is 26.3 Å². The van der Waals surface area contributed by atoms with Crippen molar-refractivity contribution in [2.24, 2.45) is 11.3 Å². The van der Waals surface area contributed by atoms with E-state index >= 15 is 0 Å². The minimum atomic E-state index is 0.531. The van der Waals surface area contributed by atoms with Gasteiger partial charge < -0.3 is 10.1 Å². The highest BCUT2D eigenvalue weighted by molar-refractivity contribution is 4.84. The van der Waals surface area contributed by atoms with Crippen molar-refractivity contribution in [1.82, 2.24) is 5.32 Å². The molecule has 1 saturated heterocycles. The van der Waals surface area contributed by atoms with E-state index in [-0.39, 0.29) is 0 Å². The Morgan fingerprint density at radius 3 is 2.50 bits per heavy atom. The highest BCUT2D eigenvalue weighted by Crippen LogP contribution is 2.35. The van der Waals surface area contributed by atoms with Crippen molar-refractivity contribution in [1.29, 1.82) is 0 Å². The monoisotopic (exact) mass is 227 g/mol. The maximum Gasteiger partial charge on any atom is 0.0471 e. The van der Waals surface area contributed by atoms with Crippen LogP contribution in [0.5, 0.6) is 0 Å². The summed E-state index contributed by atoms with van der Waals surface area (Å²) >= 11 is 0. The Hall–Kier alpha value is -0.0800. The Morgan fingerprint density at radius 2 is 1.94 bits per heavy atom. The smallest absolute Gasteiger partial charge is 0.0471 e. The van der Waals surface area contributed by atoms with Crippen LogP contribution in [0.1, 0.15) is 52.9 Å². The molecule has 0 aromatic heterocycles. The van der Waals surface area contributed by atoms with E-state index in [1.54, 1.807) is 0 Å². The summed E-state index contributed by atoms with van der Waals surface area (Å²) in [5, 5.41) is 3.65. The van der Waals surface area contributed by atoms with Crippen molar-refractivity contribution in [3.8, 4) is 0 Å². The molecule has 0 bridgehead atoms. The van der Waals surface area contributed by atoms with E-state index in [1.807, 2.05) is 0 Å². The normalized spacial score (nSPS) is 20.2. The molecule has 16 heavy (non-hydrogen) atoms. The van der Waals surface area contributed by atoms with Crippen LogP contribution in [0.3, 0.4) is 0 Å². The van der Waals surface area contributed by atoms with Crippen molar-refractivity contribution >= 4 is 0 Å². The van der Waals surface area contributed by atoms with E-state index in [9.17, 15) is 0 Å². The van der Waals surface area contributed by atoms with E-state index in [0.717, 1.165) is 25.7 Å². The molecule has 0 aromatic rings. The van der Waals surface area contributed by atoms with Gasteiger partial charge in [0.15, 0.2) is 0 Å². The van der Waals surface area contributed by atoms with Crippen molar-refractivity contribution in [3.05, 3.63) is 0 Å². The zero-order chi connectivity index (χ0) is 11.9. The molecule has 1 aliphatic rings. The average molecular weight is 227 g/mol. The van der Waals surface area contributed by atoms with Crippen LogP contribution in [0, 0.1) is 11.3 Å². The lowest BCUT2D eigenvalue weighted by molar-refractivity contribution is 0.00913. The molecule has 2 heteroatoms. The van der Waals surface area contributed by atoms with Gasteiger partial charge in [-0.1, -0.05) is 33.6 Å². The summed E-state index contributed by atoms with van der Waals surface area (Å²) in [6.07, 6.45) is 6.55. The van der Waals surface area contributed by atoms with E-state index in [0.29, 0.717) is 5.41 Å². The minimum Gasteiger partial charge on any atom is -0.381 e. The first-order valence-electron chi connectivity index (χ1n) is 6.97. The van der Waals surface area contributed by atoms with Crippen LogP contribution >= 0.6 is 0 Å². The van der Waals surface area contributed by atoms with Gasteiger partial charge in [0.2, 0.25) is 0 Å². The third-order valence-corrected chi connectivity index (χ3v) is 3.67. The lowest BCUT2D eigenvalue weighted by Gasteiger charge is -2.38. The van der Waals surface area contributed by atoms with Crippen molar-refractivity contribution < 1.29 is 4.74 Å². The Balaban J connectivity index is 2.36. The maximum atomic E-state index is 5.50. The average Bonchev–Trinajstić information content (AvgIpc) is 2.27. The summed E-state index contributed by atoms with van der Waals surface area (Å²) in [5.41, 5.74) is 0.531. The highest BCUT2D eigenvalue weighted by atomic mass is 16.5. The van der Waals surface area contributed by atoms with Crippen LogP contribution < -0.4 is 5.32 Å². The van der Waals surface area contributed by atoms with Gasteiger partial charge in [-0.05, 0) is 37.1 Å². The number of rotatable bonds is 7. The largest absolute Gasteiger partial charge is 0.381 e. The fraction of sp³-hybridized carbons (Fsp3) is 1.00. The minimum absolute atomic E-state index is 0.531. The zero-order valence-corrected chi connectivity index (χ0v) is 11.3. The number of unbranched alkanes of at least 4 members (excludes halogenated alkanes) is 1. The van der Waals surface area contributed by atoms with E-state index in [2.05, 4.69) is 26.1 Å². The number of ether oxygens (including phenoxy) is 1.